The van der Waals surface area contributed by atoms with E-state index in [4.69, 9.17) is 4.74 Å². The molecule has 1 aliphatic rings. The van der Waals surface area contributed by atoms with E-state index in [1.807, 2.05) is 13.1 Å². The predicted octanol–water partition coefficient (Wildman–Crippen LogP) is 2.78. The van der Waals surface area contributed by atoms with Gasteiger partial charge in [-0.3, -0.25) is 0 Å². The van der Waals surface area contributed by atoms with E-state index in [9.17, 15) is 4.39 Å². The van der Waals surface area contributed by atoms with Gasteiger partial charge in [0.15, 0.2) is 0 Å². The van der Waals surface area contributed by atoms with Crippen molar-refractivity contribution in [3.05, 3.63) is 47.5 Å². The minimum absolute atomic E-state index is 0.0454. The van der Waals surface area contributed by atoms with Crippen molar-refractivity contribution < 1.29 is 9.13 Å². The predicted molar refractivity (Wildman–Crippen MR) is 61.5 cm³/mol. The molecule has 1 unspecified atom stereocenters. The van der Waals surface area contributed by atoms with Gasteiger partial charge in [0.2, 0.25) is 0 Å². The summed E-state index contributed by atoms with van der Waals surface area (Å²) in [5, 5.41) is 3.16. The van der Waals surface area contributed by atoms with E-state index < -0.39 is 0 Å². The number of halogens is 1. The van der Waals surface area contributed by atoms with Crippen LogP contribution in [0.3, 0.4) is 0 Å². The average molecular weight is 221 g/mol. The van der Waals surface area contributed by atoms with Gasteiger partial charge in [-0.1, -0.05) is 12.1 Å². The number of hydrogen-bond acceptors (Lipinski definition) is 2. The largest absolute Gasteiger partial charge is 0.496 e. The first-order valence-electron chi connectivity index (χ1n) is 5.57. The normalized spacial score (nSPS) is 17.5. The first-order valence-corrected chi connectivity index (χ1v) is 5.57. The molecule has 1 aromatic carbocycles. The summed E-state index contributed by atoms with van der Waals surface area (Å²) in [6.07, 6.45) is 4.17. The quantitative estimate of drug-likeness (QED) is 0.847. The van der Waals surface area contributed by atoms with Crippen LogP contribution < -0.4 is 5.32 Å². The molecule has 1 aliphatic heterocycles. The fourth-order valence-corrected chi connectivity index (χ4v) is 1.94. The second-order valence-electron chi connectivity index (χ2n) is 3.87. The molecule has 0 saturated carbocycles. The summed E-state index contributed by atoms with van der Waals surface area (Å²) in [6.45, 7) is 0.749. The van der Waals surface area contributed by atoms with E-state index >= 15 is 0 Å². The molecule has 0 fully saturated rings. The highest BCUT2D eigenvalue weighted by atomic mass is 19.1. The zero-order valence-corrected chi connectivity index (χ0v) is 9.37. The van der Waals surface area contributed by atoms with Gasteiger partial charge in [0.25, 0.3) is 0 Å². The molecule has 1 aromatic rings. The van der Waals surface area contributed by atoms with Crippen LogP contribution in [0, 0.1) is 5.82 Å². The van der Waals surface area contributed by atoms with Gasteiger partial charge in [0, 0.05) is 0 Å². The van der Waals surface area contributed by atoms with Crippen LogP contribution >= 0.6 is 0 Å². The Morgan fingerprint density at radius 1 is 1.44 bits per heavy atom. The number of hydrogen-bond donors (Lipinski definition) is 1. The molecule has 0 radical (unpaired) electrons. The van der Waals surface area contributed by atoms with Crippen LogP contribution in [0.4, 0.5) is 4.39 Å². The van der Waals surface area contributed by atoms with Gasteiger partial charge in [0.05, 0.1) is 12.6 Å². The van der Waals surface area contributed by atoms with Crippen molar-refractivity contribution in [2.24, 2.45) is 0 Å². The summed E-state index contributed by atoms with van der Waals surface area (Å²) in [5.74, 6) is 0.688. The molecule has 0 spiro atoms. The summed E-state index contributed by atoms with van der Waals surface area (Å²) in [7, 11) is 1.86. The first-order chi connectivity index (χ1) is 7.81. The lowest BCUT2D eigenvalue weighted by atomic mass is 10.0. The molecule has 0 bridgehead atoms. The summed E-state index contributed by atoms with van der Waals surface area (Å²) in [5.41, 5.74) is 0.899. The second-order valence-corrected chi connectivity index (χ2v) is 3.87. The van der Waals surface area contributed by atoms with Crippen molar-refractivity contribution in [2.75, 3.05) is 13.7 Å². The van der Waals surface area contributed by atoms with Crippen molar-refractivity contribution in [1.82, 2.24) is 5.32 Å². The molecule has 0 amide bonds. The number of benzene rings is 1. The van der Waals surface area contributed by atoms with Crippen molar-refractivity contribution in [3.8, 4) is 0 Å². The van der Waals surface area contributed by atoms with Crippen LogP contribution in [0.5, 0.6) is 0 Å². The fourth-order valence-electron chi connectivity index (χ4n) is 1.94. The number of rotatable bonds is 3. The monoisotopic (exact) mass is 221 g/mol. The van der Waals surface area contributed by atoms with Crippen molar-refractivity contribution >= 4 is 0 Å². The smallest absolute Gasteiger partial charge is 0.123 e. The van der Waals surface area contributed by atoms with Gasteiger partial charge >= 0.3 is 0 Å². The van der Waals surface area contributed by atoms with Gasteiger partial charge in [-0.05, 0) is 43.7 Å². The SMILES string of the molecule is CNC(C1=CCCCO1)c1cccc(F)c1. The zero-order chi connectivity index (χ0) is 11.4. The topological polar surface area (TPSA) is 21.3 Å². The molecule has 3 heteroatoms. The molecule has 2 rings (SSSR count). The maximum atomic E-state index is 13.1. The highest BCUT2D eigenvalue weighted by Gasteiger charge is 2.18. The molecule has 86 valence electrons. The van der Waals surface area contributed by atoms with Crippen LogP contribution in [0.15, 0.2) is 36.1 Å². The van der Waals surface area contributed by atoms with E-state index in [-0.39, 0.29) is 11.9 Å². The Morgan fingerprint density at radius 3 is 2.94 bits per heavy atom. The van der Waals surface area contributed by atoms with Crippen LogP contribution in [0.25, 0.3) is 0 Å². The number of likely N-dealkylation sites (N-methyl/N-ethyl adjacent to an activating group) is 1. The van der Waals surface area contributed by atoms with E-state index in [0.29, 0.717) is 0 Å². The van der Waals surface area contributed by atoms with E-state index in [1.54, 1.807) is 12.1 Å². The Labute approximate surface area is 95.1 Å². The van der Waals surface area contributed by atoms with Crippen molar-refractivity contribution in [3.63, 3.8) is 0 Å². The lowest BCUT2D eigenvalue weighted by Gasteiger charge is -2.23. The standard InChI is InChI=1S/C13H16FNO/c1-15-13(12-7-2-3-8-16-12)10-5-4-6-11(14)9-10/h4-7,9,13,15H,2-3,8H2,1H3. The summed E-state index contributed by atoms with van der Waals surface area (Å²) >= 11 is 0. The molecule has 1 heterocycles. The lowest BCUT2D eigenvalue weighted by Crippen LogP contribution is -2.22. The Hall–Kier alpha value is -1.35. The Balaban J connectivity index is 2.25. The summed E-state index contributed by atoms with van der Waals surface area (Å²) in [4.78, 5) is 0. The molecule has 1 atom stereocenters. The Bertz CT molecular complexity index is 389. The van der Waals surface area contributed by atoms with Crippen LogP contribution in [0.2, 0.25) is 0 Å². The van der Waals surface area contributed by atoms with Crippen molar-refractivity contribution in [2.45, 2.75) is 18.9 Å². The third kappa shape index (κ3) is 2.42. The third-order valence-corrected chi connectivity index (χ3v) is 2.72. The maximum absolute atomic E-state index is 13.1. The molecule has 2 nitrogen and oxygen atoms in total. The lowest BCUT2D eigenvalue weighted by molar-refractivity contribution is 0.169. The Kier molecular flexibility index (Phi) is 3.57. The zero-order valence-electron chi connectivity index (χ0n) is 9.37. The highest BCUT2D eigenvalue weighted by Crippen LogP contribution is 2.25. The van der Waals surface area contributed by atoms with Crippen LogP contribution in [-0.2, 0) is 4.74 Å². The summed E-state index contributed by atoms with van der Waals surface area (Å²) in [6, 6.07) is 6.57. The van der Waals surface area contributed by atoms with Gasteiger partial charge < -0.3 is 10.1 Å². The highest BCUT2D eigenvalue weighted by molar-refractivity contribution is 5.26. The maximum Gasteiger partial charge on any atom is 0.123 e. The van der Waals surface area contributed by atoms with Crippen LogP contribution in [-0.4, -0.2) is 13.7 Å². The van der Waals surface area contributed by atoms with E-state index in [0.717, 1.165) is 30.8 Å². The molecule has 0 aromatic heterocycles. The second kappa shape index (κ2) is 5.12. The third-order valence-electron chi connectivity index (χ3n) is 2.72. The van der Waals surface area contributed by atoms with Crippen LogP contribution in [0.1, 0.15) is 24.4 Å². The minimum atomic E-state index is -0.214. The molecule has 1 N–H and O–H groups in total. The van der Waals surface area contributed by atoms with Gasteiger partial charge in [-0.25, -0.2) is 4.39 Å². The van der Waals surface area contributed by atoms with Gasteiger partial charge in [0.1, 0.15) is 11.6 Å². The number of ether oxygens (including phenoxy) is 1. The number of allylic oxidation sites excluding steroid dienone is 1. The fraction of sp³-hybridized carbons (Fsp3) is 0.385. The summed E-state index contributed by atoms with van der Waals surface area (Å²) < 4.78 is 18.7. The molecule has 0 saturated heterocycles. The number of nitrogens with one attached hydrogen (secondary N) is 1. The van der Waals surface area contributed by atoms with Gasteiger partial charge in [-0.15, -0.1) is 0 Å². The van der Waals surface area contributed by atoms with E-state index in [2.05, 4.69) is 11.4 Å². The van der Waals surface area contributed by atoms with Gasteiger partial charge in [-0.2, -0.15) is 0 Å². The van der Waals surface area contributed by atoms with E-state index in [1.165, 1.54) is 6.07 Å². The molecular formula is C13H16FNO. The first kappa shape index (κ1) is 11.1. The molecule has 0 aliphatic carbocycles. The molecular weight excluding hydrogens is 205 g/mol. The van der Waals surface area contributed by atoms with Crippen molar-refractivity contribution in [1.29, 1.82) is 0 Å². The minimum Gasteiger partial charge on any atom is -0.496 e. The average Bonchev–Trinajstić information content (AvgIpc) is 2.31. The Morgan fingerprint density at radius 2 is 2.31 bits per heavy atom. The molecule has 16 heavy (non-hydrogen) atoms.